The zero-order valence-electron chi connectivity index (χ0n) is 10.5. The van der Waals surface area contributed by atoms with Gasteiger partial charge in [0, 0.05) is 11.3 Å². The van der Waals surface area contributed by atoms with Crippen LogP contribution in [-0.2, 0) is 6.42 Å². The normalized spacial score (nSPS) is 18.2. The zero-order chi connectivity index (χ0) is 12.8. The van der Waals surface area contributed by atoms with Crippen molar-refractivity contribution >= 4 is 11.3 Å². The molecule has 0 saturated carbocycles. The van der Waals surface area contributed by atoms with Gasteiger partial charge in [0.1, 0.15) is 17.5 Å². The fourth-order valence-corrected chi connectivity index (χ4v) is 3.15. The molecule has 1 aromatic carbocycles. The zero-order valence-corrected chi connectivity index (χ0v) is 11.3. The highest BCUT2D eigenvalue weighted by molar-refractivity contribution is 7.10. The minimum Gasteiger partial charge on any atom is -0.487 e. The van der Waals surface area contributed by atoms with Gasteiger partial charge in [0.2, 0.25) is 0 Å². The standard InChI is InChI=1S/C15H16O2S/c1-15(2)9-11-8-10(5-6-12(11)17-15)14(16)13-4-3-7-18-13/h3-8,14,16H,9H2,1-2H3. The molecule has 0 spiro atoms. The number of ether oxygens (including phenoxy) is 1. The van der Waals surface area contributed by atoms with E-state index in [0.717, 1.165) is 22.6 Å². The first-order chi connectivity index (χ1) is 8.55. The first kappa shape index (κ1) is 11.8. The van der Waals surface area contributed by atoms with Crippen molar-refractivity contribution in [2.45, 2.75) is 32.0 Å². The molecule has 0 amide bonds. The number of rotatable bonds is 2. The molecule has 3 heteroatoms. The largest absolute Gasteiger partial charge is 0.487 e. The van der Waals surface area contributed by atoms with Gasteiger partial charge in [0.05, 0.1) is 0 Å². The van der Waals surface area contributed by atoms with Gasteiger partial charge >= 0.3 is 0 Å². The van der Waals surface area contributed by atoms with Gasteiger partial charge in [-0.25, -0.2) is 0 Å². The van der Waals surface area contributed by atoms with E-state index in [4.69, 9.17) is 4.74 Å². The van der Waals surface area contributed by atoms with Crippen LogP contribution in [0.1, 0.15) is 36.0 Å². The number of thiophene rings is 1. The Bertz CT molecular complexity index is 558. The van der Waals surface area contributed by atoms with Crippen LogP contribution in [-0.4, -0.2) is 10.7 Å². The SMILES string of the molecule is CC1(C)Cc2cc(C(O)c3cccs3)ccc2O1. The van der Waals surface area contributed by atoms with Crippen molar-refractivity contribution in [3.63, 3.8) is 0 Å². The Morgan fingerprint density at radius 2 is 2.17 bits per heavy atom. The third kappa shape index (κ3) is 2.04. The Kier molecular flexibility index (Phi) is 2.68. The third-order valence-electron chi connectivity index (χ3n) is 3.22. The van der Waals surface area contributed by atoms with Gasteiger partial charge in [-0.2, -0.15) is 0 Å². The fraction of sp³-hybridized carbons (Fsp3) is 0.333. The lowest BCUT2D eigenvalue weighted by atomic mass is 9.98. The van der Waals surface area contributed by atoms with E-state index >= 15 is 0 Å². The Balaban J connectivity index is 1.93. The molecule has 1 aromatic heterocycles. The molecule has 0 bridgehead atoms. The average molecular weight is 260 g/mol. The highest BCUT2D eigenvalue weighted by Crippen LogP contribution is 2.37. The summed E-state index contributed by atoms with van der Waals surface area (Å²) < 4.78 is 5.84. The summed E-state index contributed by atoms with van der Waals surface area (Å²) in [7, 11) is 0. The maximum absolute atomic E-state index is 10.3. The smallest absolute Gasteiger partial charge is 0.123 e. The number of hydrogen-bond donors (Lipinski definition) is 1. The molecule has 1 unspecified atom stereocenters. The van der Waals surface area contributed by atoms with Crippen LogP contribution in [0.3, 0.4) is 0 Å². The molecule has 1 atom stereocenters. The van der Waals surface area contributed by atoms with Gasteiger partial charge in [-0.1, -0.05) is 12.1 Å². The second kappa shape index (κ2) is 4.11. The van der Waals surface area contributed by atoms with Gasteiger partial charge in [0.15, 0.2) is 0 Å². The van der Waals surface area contributed by atoms with Crippen molar-refractivity contribution in [1.29, 1.82) is 0 Å². The van der Waals surface area contributed by atoms with Crippen LogP contribution in [0.2, 0.25) is 0 Å². The Hall–Kier alpha value is -1.32. The van der Waals surface area contributed by atoms with Gasteiger partial charge in [-0.3, -0.25) is 0 Å². The number of benzene rings is 1. The monoisotopic (exact) mass is 260 g/mol. The van der Waals surface area contributed by atoms with E-state index in [0.29, 0.717) is 0 Å². The molecule has 2 heterocycles. The van der Waals surface area contributed by atoms with Crippen molar-refractivity contribution in [1.82, 2.24) is 0 Å². The number of aliphatic hydroxyl groups excluding tert-OH is 1. The van der Waals surface area contributed by atoms with E-state index in [1.165, 1.54) is 5.56 Å². The van der Waals surface area contributed by atoms with Crippen molar-refractivity contribution in [3.8, 4) is 5.75 Å². The molecule has 0 fully saturated rings. The van der Waals surface area contributed by atoms with Crippen LogP contribution < -0.4 is 4.74 Å². The van der Waals surface area contributed by atoms with Crippen LogP contribution in [0.4, 0.5) is 0 Å². The predicted molar refractivity (Wildman–Crippen MR) is 73.2 cm³/mol. The quantitative estimate of drug-likeness (QED) is 0.895. The van der Waals surface area contributed by atoms with Crippen LogP contribution in [0, 0.1) is 0 Å². The average Bonchev–Trinajstić information content (AvgIpc) is 2.91. The van der Waals surface area contributed by atoms with Gasteiger partial charge in [-0.15, -0.1) is 11.3 Å². The van der Waals surface area contributed by atoms with Crippen LogP contribution in [0.15, 0.2) is 35.7 Å². The Morgan fingerprint density at radius 3 is 2.89 bits per heavy atom. The first-order valence-electron chi connectivity index (χ1n) is 6.08. The van der Waals surface area contributed by atoms with Crippen LogP contribution in [0.5, 0.6) is 5.75 Å². The van der Waals surface area contributed by atoms with Crippen LogP contribution >= 0.6 is 11.3 Å². The van der Waals surface area contributed by atoms with E-state index in [1.54, 1.807) is 11.3 Å². The predicted octanol–water partition coefficient (Wildman–Crippen LogP) is 3.54. The molecule has 94 valence electrons. The molecule has 0 radical (unpaired) electrons. The second-order valence-electron chi connectivity index (χ2n) is 5.32. The lowest BCUT2D eigenvalue weighted by molar-refractivity contribution is 0.138. The van der Waals surface area contributed by atoms with Gasteiger partial charge in [0.25, 0.3) is 0 Å². The van der Waals surface area contributed by atoms with Crippen molar-refractivity contribution in [2.75, 3.05) is 0 Å². The van der Waals surface area contributed by atoms with E-state index in [1.807, 2.05) is 29.6 Å². The molecular weight excluding hydrogens is 244 g/mol. The van der Waals surface area contributed by atoms with E-state index in [2.05, 4.69) is 19.9 Å². The second-order valence-corrected chi connectivity index (χ2v) is 6.30. The number of aliphatic hydroxyl groups is 1. The van der Waals surface area contributed by atoms with Crippen LogP contribution in [0.25, 0.3) is 0 Å². The molecule has 1 aliphatic rings. The summed E-state index contributed by atoms with van der Waals surface area (Å²) in [5.41, 5.74) is 2.00. The highest BCUT2D eigenvalue weighted by atomic mass is 32.1. The van der Waals surface area contributed by atoms with Crippen molar-refractivity contribution in [2.24, 2.45) is 0 Å². The van der Waals surface area contributed by atoms with Gasteiger partial charge in [-0.05, 0) is 48.6 Å². The van der Waals surface area contributed by atoms with E-state index < -0.39 is 6.10 Å². The molecule has 2 aromatic rings. The number of fused-ring (bicyclic) bond motifs is 1. The topological polar surface area (TPSA) is 29.5 Å². The summed E-state index contributed by atoms with van der Waals surface area (Å²) in [6, 6.07) is 9.90. The molecule has 18 heavy (non-hydrogen) atoms. The molecule has 1 aliphatic heterocycles. The summed E-state index contributed by atoms with van der Waals surface area (Å²) >= 11 is 1.58. The first-order valence-corrected chi connectivity index (χ1v) is 6.96. The molecule has 0 aliphatic carbocycles. The fourth-order valence-electron chi connectivity index (χ4n) is 2.41. The minimum absolute atomic E-state index is 0.130. The molecular formula is C15H16O2S. The summed E-state index contributed by atoms with van der Waals surface area (Å²) in [5, 5.41) is 12.3. The highest BCUT2D eigenvalue weighted by Gasteiger charge is 2.30. The summed E-state index contributed by atoms with van der Waals surface area (Å²) in [4.78, 5) is 0.980. The maximum atomic E-state index is 10.3. The van der Waals surface area contributed by atoms with E-state index in [-0.39, 0.29) is 5.60 Å². The Morgan fingerprint density at radius 1 is 1.33 bits per heavy atom. The summed E-state index contributed by atoms with van der Waals surface area (Å²) in [6.07, 6.45) is 0.367. The van der Waals surface area contributed by atoms with Crippen molar-refractivity contribution in [3.05, 3.63) is 51.7 Å². The lowest BCUT2D eigenvalue weighted by Gasteiger charge is -2.16. The number of hydrogen-bond acceptors (Lipinski definition) is 3. The Labute approximate surface area is 111 Å². The summed E-state index contributed by atoms with van der Waals surface area (Å²) in [5.74, 6) is 0.946. The lowest BCUT2D eigenvalue weighted by Crippen LogP contribution is -2.24. The maximum Gasteiger partial charge on any atom is 0.123 e. The minimum atomic E-state index is -0.529. The third-order valence-corrected chi connectivity index (χ3v) is 4.14. The van der Waals surface area contributed by atoms with Gasteiger partial charge < -0.3 is 9.84 Å². The molecule has 1 N–H and O–H groups in total. The molecule has 3 rings (SSSR count). The van der Waals surface area contributed by atoms with E-state index in [9.17, 15) is 5.11 Å². The molecule has 2 nitrogen and oxygen atoms in total. The summed E-state index contributed by atoms with van der Waals surface area (Å²) in [6.45, 7) is 4.17. The van der Waals surface area contributed by atoms with Crippen molar-refractivity contribution < 1.29 is 9.84 Å². The molecule has 0 saturated heterocycles.